The monoisotopic (exact) mass is 372 g/mol. The van der Waals surface area contributed by atoms with Crippen molar-refractivity contribution in [3.05, 3.63) is 29.5 Å². The minimum absolute atomic E-state index is 0.301. The van der Waals surface area contributed by atoms with Crippen molar-refractivity contribution in [2.75, 3.05) is 37.1 Å². The van der Waals surface area contributed by atoms with E-state index in [2.05, 4.69) is 16.0 Å². The Hall–Kier alpha value is -2.33. The molecule has 0 aliphatic carbocycles. The number of anilines is 1. The van der Waals surface area contributed by atoms with Gasteiger partial charge in [-0.25, -0.2) is 4.98 Å². The fourth-order valence-corrected chi connectivity index (χ4v) is 4.99. The lowest BCUT2D eigenvalue weighted by molar-refractivity contribution is 0.418. The lowest BCUT2D eigenvalue weighted by Gasteiger charge is -2.35. The molecule has 0 bridgehead atoms. The Kier molecular flexibility index (Phi) is 5.05. The maximum Gasteiger partial charge on any atom is 0.145 e. The smallest absolute Gasteiger partial charge is 0.145 e. The number of ether oxygens (including phenoxy) is 1. The number of rotatable bonds is 4. The Labute approximate surface area is 154 Å². The molecule has 1 saturated heterocycles. The lowest BCUT2D eigenvalue weighted by Crippen LogP contribution is -2.36. The summed E-state index contributed by atoms with van der Waals surface area (Å²) in [6.45, 7) is 3.42. The standard InChI is InChI=1S/C19H24N4O2S/c1-13-16(11-20)19(15-5-4-6-17(25-2)18(15)22-13)23-9-7-14(8-10-23)12-26(3,21)24/h4-6,14,21H,7-10,12H2,1-3H3. The Balaban J connectivity index is 2.01. The highest BCUT2D eigenvalue weighted by Crippen LogP contribution is 2.37. The number of pyridine rings is 1. The molecule has 6 nitrogen and oxygen atoms in total. The van der Waals surface area contributed by atoms with E-state index in [0.717, 1.165) is 42.5 Å². The number of nitrogens with zero attached hydrogens (tertiary/aromatic N) is 3. The molecule has 26 heavy (non-hydrogen) atoms. The highest BCUT2D eigenvalue weighted by molar-refractivity contribution is 7.91. The van der Waals surface area contributed by atoms with E-state index >= 15 is 0 Å². The number of nitriles is 1. The van der Waals surface area contributed by atoms with Crippen LogP contribution in [-0.4, -0.2) is 41.4 Å². The van der Waals surface area contributed by atoms with Crippen LogP contribution in [0.4, 0.5) is 5.69 Å². The van der Waals surface area contributed by atoms with Crippen molar-refractivity contribution in [2.45, 2.75) is 19.8 Å². The fourth-order valence-electron chi connectivity index (χ4n) is 3.76. The first-order valence-electron chi connectivity index (χ1n) is 8.68. The summed E-state index contributed by atoms with van der Waals surface area (Å²) in [5, 5.41) is 10.6. The number of para-hydroxylation sites is 1. The molecular weight excluding hydrogens is 348 g/mol. The van der Waals surface area contributed by atoms with Crippen molar-refractivity contribution in [1.82, 2.24) is 4.98 Å². The second kappa shape index (κ2) is 7.12. The number of hydrogen-bond donors (Lipinski definition) is 1. The summed E-state index contributed by atoms with van der Waals surface area (Å²) in [6, 6.07) is 8.10. The molecule has 1 atom stereocenters. The van der Waals surface area contributed by atoms with Gasteiger partial charge in [0.2, 0.25) is 0 Å². The maximum atomic E-state index is 11.8. The summed E-state index contributed by atoms with van der Waals surface area (Å²) in [5.41, 5.74) is 2.98. The van der Waals surface area contributed by atoms with Gasteiger partial charge in [0.25, 0.3) is 0 Å². The first-order chi connectivity index (χ1) is 12.3. The molecule has 0 radical (unpaired) electrons. The number of piperidine rings is 1. The summed E-state index contributed by atoms with van der Waals surface area (Å²) < 4.78 is 24.9. The number of benzene rings is 1. The largest absolute Gasteiger partial charge is 0.494 e. The van der Waals surface area contributed by atoms with Gasteiger partial charge >= 0.3 is 0 Å². The number of fused-ring (bicyclic) bond motifs is 1. The Morgan fingerprint density at radius 2 is 2.12 bits per heavy atom. The molecule has 1 aliphatic heterocycles. The van der Waals surface area contributed by atoms with Crippen LogP contribution in [0.25, 0.3) is 10.9 Å². The summed E-state index contributed by atoms with van der Waals surface area (Å²) in [6.07, 6.45) is 3.27. The number of methoxy groups -OCH3 is 1. The molecular formula is C19H24N4O2S. The molecule has 2 heterocycles. The first-order valence-corrected chi connectivity index (χ1v) is 10.8. The van der Waals surface area contributed by atoms with E-state index in [0.29, 0.717) is 28.7 Å². The number of nitrogens with one attached hydrogen (secondary N) is 1. The third kappa shape index (κ3) is 3.61. The van der Waals surface area contributed by atoms with Crippen molar-refractivity contribution in [3.63, 3.8) is 0 Å². The number of aryl methyl sites for hydroxylation is 1. The molecule has 1 aromatic carbocycles. The van der Waals surface area contributed by atoms with E-state index < -0.39 is 9.73 Å². The molecule has 1 fully saturated rings. The van der Waals surface area contributed by atoms with Gasteiger partial charge in [-0.05, 0) is 31.7 Å². The Bertz CT molecular complexity index is 971. The van der Waals surface area contributed by atoms with Crippen LogP contribution in [0.3, 0.4) is 0 Å². The molecule has 1 aromatic heterocycles. The Morgan fingerprint density at radius 3 is 2.69 bits per heavy atom. The second-order valence-electron chi connectivity index (χ2n) is 6.99. The summed E-state index contributed by atoms with van der Waals surface area (Å²) in [7, 11) is -0.843. The lowest BCUT2D eigenvalue weighted by atomic mass is 9.96. The predicted octanol–water partition coefficient (Wildman–Crippen LogP) is 3.32. The average molecular weight is 372 g/mol. The van der Waals surface area contributed by atoms with Crippen molar-refractivity contribution in [2.24, 2.45) is 5.92 Å². The van der Waals surface area contributed by atoms with Crippen molar-refractivity contribution >= 4 is 26.3 Å². The predicted molar refractivity (Wildman–Crippen MR) is 104 cm³/mol. The van der Waals surface area contributed by atoms with Gasteiger partial charge in [0.15, 0.2) is 0 Å². The summed E-state index contributed by atoms with van der Waals surface area (Å²) in [4.78, 5) is 6.83. The zero-order valence-electron chi connectivity index (χ0n) is 15.4. The van der Waals surface area contributed by atoms with Gasteiger partial charge in [-0.2, -0.15) is 5.26 Å². The molecule has 0 amide bonds. The second-order valence-corrected chi connectivity index (χ2v) is 9.33. The zero-order valence-corrected chi connectivity index (χ0v) is 16.2. The number of aromatic nitrogens is 1. The van der Waals surface area contributed by atoms with Crippen LogP contribution in [0.5, 0.6) is 5.75 Å². The zero-order chi connectivity index (χ0) is 18.9. The van der Waals surface area contributed by atoms with Crippen LogP contribution in [-0.2, 0) is 9.73 Å². The Morgan fingerprint density at radius 1 is 1.42 bits per heavy atom. The van der Waals surface area contributed by atoms with Gasteiger partial charge in [0.05, 0.1) is 24.1 Å². The topological polar surface area (TPSA) is 90.1 Å². The molecule has 0 saturated carbocycles. The van der Waals surface area contributed by atoms with E-state index in [1.807, 2.05) is 25.1 Å². The van der Waals surface area contributed by atoms with Gasteiger partial charge in [-0.15, -0.1) is 0 Å². The SMILES string of the molecule is COc1cccc2c(N3CCC(CS(C)(=N)=O)CC3)c(C#N)c(C)nc12. The normalized spacial score (nSPS) is 17.7. The van der Waals surface area contributed by atoms with Gasteiger partial charge in [-0.3, -0.25) is 8.99 Å². The molecule has 3 rings (SSSR count). The van der Waals surface area contributed by atoms with Crippen molar-refractivity contribution in [3.8, 4) is 11.8 Å². The van der Waals surface area contributed by atoms with E-state index in [-0.39, 0.29) is 0 Å². The van der Waals surface area contributed by atoms with Gasteiger partial charge in [0, 0.05) is 40.2 Å². The van der Waals surface area contributed by atoms with Crippen LogP contribution >= 0.6 is 0 Å². The van der Waals surface area contributed by atoms with Crippen molar-refractivity contribution in [1.29, 1.82) is 10.0 Å². The third-order valence-electron chi connectivity index (χ3n) is 4.95. The van der Waals surface area contributed by atoms with Gasteiger partial charge in [-0.1, -0.05) is 12.1 Å². The van der Waals surface area contributed by atoms with E-state index in [1.54, 1.807) is 7.11 Å². The molecule has 7 heteroatoms. The highest BCUT2D eigenvalue weighted by Gasteiger charge is 2.26. The van der Waals surface area contributed by atoms with Gasteiger partial charge < -0.3 is 9.64 Å². The molecule has 0 spiro atoms. The highest BCUT2D eigenvalue weighted by atomic mass is 32.2. The van der Waals surface area contributed by atoms with Gasteiger partial charge in [0.1, 0.15) is 17.3 Å². The van der Waals surface area contributed by atoms with Crippen LogP contribution in [0, 0.1) is 29.0 Å². The average Bonchev–Trinajstić information content (AvgIpc) is 2.59. The van der Waals surface area contributed by atoms with E-state index in [9.17, 15) is 9.47 Å². The molecule has 1 aliphatic rings. The van der Waals surface area contributed by atoms with Crippen LogP contribution < -0.4 is 9.64 Å². The third-order valence-corrected chi connectivity index (χ3v) is 6.06. The molecule has 138 valence electrons. The van der Waals surface area contributed by atoms with Crippen LogP contribution in [0.1, 0.15) is 24.1 Å². The van der Waals surface area contributed by atoms with E-state index in [4.69, 9.17) is 9.52 Å². The van der Waals surface area contributed by atoms with Crippen LogP contribution in [0.2, 0.25) is 0 Å². The fraction of sp³-hybridized carbons (Fsp3) is 0.474. The number of hydrogen-bond acceptors (Lipinski definition) is 6. The molecule has 2 aromatic rings. The first kappa shape index (κ1) is 18.5. The molecule has 1 N–H and O–H groups in total. The van der Waals surface area contributed by atoms with Crippen molar-refractivity contribution < 1.29 is 8.95 Å². The summed E-state index contributed by atoms with van der Waals surface area (Å²) >= 11 is 0. The maximum absolute atomic E-state index is 11.8. The van der Waals surface area contributed by atoms with Crippen LogP contribution in [0.15, 0.2) is 18.2 Å². The molecule has 1 unspecified atom stereocenters. The quantitative estimate of drug-likeness (QED) is 0.889. The minimum atomic E-state index is -2.47. The minimum Gasteiger partial charge on any atom is -0.494 e. The summed E-state index contributed by atoms with van der Waals surface area (Å²) in [5.74, 6) is 1.46. The van der Waals surface area contributed by atoms with E-state index in [1.165, 1.54) is 6.26 Å².